The third-order valence-corrected chi connectivity index (χ3v) is 6.92. The number of fused-ring (bicyclic) bond motifs is 2. The van der Waals surface area contributed by atoms with E-state index in [9.17, 15) is 0 Å². The first kappa shape index (κ1) is 13.8. The number of hydrogen-bond donors (Lipinski definition) is 0. The second kappa shape index (κ2) is 4.99. The second-order valence-corrected chi connectivity index (χ2v) is 6.82. The molecule has 0 N–H and O–H groups in total. The van der Waals surface area contributed by atoms with Gasteiger partial charge in [0.1, 0.15) is 0 Å². The van der Waals surface area contributed by atoms with E-state index in [1.54, 1.807) is 14.2 Å². The maximum absolute atomic E-state index is 5.80. The molecule has 2 nitrogen and oxygen atoms in total. The highest BCUT2D eigenvalue weighted by molar-refractivity contribution is 9.14. The molecule has 19 heavy (non-hydrogen) atoms. The molecule has 0 radical (unpaired) electrons. The molecule has 1 fully saturated rings. The molecule has 3 rings (SSSR count). The molecule has 2 aliphatic rings. The monoisotopic (exact) mass is 386 g/mol. The van der Waals surface area contributed by atoms with E-state index in [1.807, 2.05) is 0 Å². The van der Waals surface area contributed by atoms with Crippen LogP contribution in [-0.2, 0) is 9.47 Å². The fourth-order valence-corrected chi connectivity index (χ4v) is 5.32. The van der Waals surface area contributed by atoms with E-state index >= 15 is 0 Å². The SMILES string of the molecule is COC1(OC)[C@@H]2C[C@@H](c3ccccc3)[C@H]1C(Br)=C2Br. The molecule has 1 aromatic rings. The molecule has 4 heteroatoms. The second-order valence-electron chi connectivity index (χ2n) is 5.11. The largest absolute Gasteiger partial charge is 0.352 e. The fourth-order valence-electron chi connectivity index (χ4n) is 3.65. The van der Waals surface area contributed by atoms with Crippen molar-refractivity contribution in [2.24, 2.45) is 11.8 Å². The number of ether oxygens (including phenoxy) is 2. The summed E-state index contributed by atoms with van der Waals surface area (Å²) in [5.41, 5.74) is 1.35. The Kier molecular flexibility index (Phi) is 3.63. The molecule has 2 bridgehead atoms. The summed E-state index contributed by atoms with van der Waals surface area (Å²) in [4.78, 5) is 0. The Morgan fingerprint density at radius 1 is 1.05 bits per heavy atom. The van der Waals surface area contributed by atoms with Gasteiger partial charge < -0.3 is 9.47 Å². The Morgan fingerprint density at radius 3 is 2.21 bits per heavy atom. The summed E-state index contributed by atoms with van der Waals surface area (Å²) in [6, 6.07) is 10.6. The van der Waals surface area contributed by atoms with Crippen molar-refractivity contribution in [3.8, 4) is 0 Å². The lowest BCUT2D eigenvalue weighted by Crippen LogP contribution is -2.41. The highest BCUT2D eigenvalue weighted by Crippen LogP contribution is 2.65. The van der Waals surface area contributed by atoms with Crippen LogP contribution in [-0.4, -0.2) is 20.0 Å². The molecular weight excluding hydrogens is 372 g/mol. The van der Waals surface area contributed by atoms with Gasteiger partial charge in [0.05, 0.1) is 5.92 Å². The summed E-state index contributed by atoms with van der Waals surface area (Å²) in [5, 5.41) is 0. The Hall–Kier alpha value is -0.160. The standard InChI is InChI=1S/C15H16Br2O2/c1-18-15(19-2)11-8-10(9-6-4-3-5-7-9)12(15)14(17)13(11)16/h3-7,10-12H,8H2,1-2H3/t10-,11+,12-/m0/s1. The van der Waals surface area contributed by atoms with Gasteiger partial charge in [0, 0.05) is 29.1 Å². The molecule has 0 spiro atoms. The Bertz CT molecular complexity index is 508. The van der Waals surface area contributed by atoms with Gasteiger partial charge in [0.2, 0.25) is 0 Å². The minimum Gasteiger partial charge on any atom is -0.352 e. The smallest absolute Gasteiger partial charge is 0.182 e. The molecule has 0 heterocycles. The van der Waals surface area contributed by atoms with E-state index in [-0.39, 0.29) is 11.8 Å². The Balaban J connectivity index is 2.05. The Labute approximate surface area is 130 Å². The van der Waals surface area contributed by atoms with Crippen LogP contribution in [0.15, 0.2) is 39.3 Å². The van der Waals surface area contributed by atoms with E-state index in [0.29, 0.717) is 5.92 Å². The maximum Gasteiger partial charge on any atom is 0.182 e. The van der Waals surface area contributed by atoms with Gasteiger partial charge in [0.15, 0.2) is 5.79 Å². The molecule has 0 aromatic heterocycles. The quantitative estimate of drug-likeness (QED) is 0.715. The Morgan fingerprint density at radius 2 is 1.68 bits per heavy atom. The minimum absolute atomic E-state index is 0.212. The normalized spacial score (nSPS) is 32.1. The molecule has 3 atom stereocenters. The average molecular weight is 388 g/mol. The van der Waals surface area contributed by atoms with Crippen LogP contribution in [0.3, 0.4) is 0 Å². The minimum atomic E-state index is -0.543. The number of halogens is 2. The van der Waals surface area contributed by atoms with Crippen molar-refractivity contribution < 1.29 is 9.47 Å². The van der Waals surface area contributed by atoms with Gasteiger partial charge in [0.25, 0.3) is 0 Å². The van der Waals surface area contributed by atoms with E-state index in [0.717, 1.165) is 6.42 Å². The summed E-state index contributed by atoms with van der Waals surface area (Å²) in [7, 11) is 3.48. The van der Waals surface area contributed by atoms with Gasteiger partial charge in [-0.1, -0.05) is 62.2 Å². The first-order valence-corrected chi connectivity index (χ1v) is 7.94. The van der Waals surface area contributed by atoms with Crippen LogP contribution in [0.1, 0.15) is 17.9 Å². The summed E-state index contributed by atoms with van der Waals surface area (Å²) in [6.45, 7) is 0. The van der Waals surface area contributed by atoms with Crippen molar-refractivity contribution in [3.05, 3.63) is 44.9 Å². The summed E-state index contributed by atoms with van der Waals surface area (Å²) >= 11 is 7.42. The average Bonchev–Trinajstić information content (AvgIpc) is 2.90. The highest BCUT2D eigenvalue weighted by Gasteiger charge is 2.63. The summed E-state index contributed by atoms with van der Waals surface area (Å²) in [5.74, 6) is 0.358. The van der Waals surface area contributed by atoms with Crippen molar-refractivity contribution in [3.63, 3.8) is 0 Å². The molecule has 102 valence electrons. The van der Waals surface area contributed by atoms with E-state index < -0.39 is 5.79 Å². The van der Waals surface area contributed by atoms with Crippen LogP contribution in [0, 0.1) is 11.8 Å². The predicted octanol–water partition coefficient (Wildman–Crippen LogP) is 4.41. The first-order valence-electron chi connectivity index (χ1n) is 6.36. The highest BCUT2D eigenvalue weighted by atomic mass is 79.9. The third kappa shape index (κ3) is 1.80. The van der Waals surface area contributed by atoms with Gasteiger partial charge in [-0.05, 0) is 17.9 Å². The summed E-state index contributed by atoms with van der Waals surface area (Å²) < 4.78 is 14.0. The molecule has 0 aliphatic heterocycles. The van der Waals surface area contributed by atoms with Crippen LogP contribution in [0.5, 0.6) is 0 Å². The van der Waals surface area contributed by atoms with Gasteiger partial charge >= 0.3 is 0 Å². The number of benzene rings is 1. The maximum atomic E-state index is 5.80. The van der Waals surface area contributed by atoms with Crippen molar-refractivity contribution in [2.45, 2.75) is 18.1 Å². The lowest BCUT2D eigenvalue weighted by molar-refractivity contribution is -0.231. The van der Waals surface area contributed by atoms with Crippen LogP contribution in [0.4, 0.5) is 0 Å². The molecular formula is C15H16Br2O2. The van der Waals surface area contributed by atoms with Crippen LogP contribution >= 0.6 is 31.9 Å². The van der Waals surface area contributed by atoms with Crippen molar-refractivity contribution >= 4 is 31.9 Å². The zero-order chi connectivity index (χ0) is 13.6. The van der Waals surface area contributed by atoms with Gasteiger partial charge in [-0.15, -0.1) is 0 Å². The zero-order valence-electron chi connectivity index (χ0n) is 10.9. The molecule has 1 aromatic carbocycles. The first-order chi connectivity index (χ1) is 9.15. The lowest BCUT2D eigenvalue weighted by Gasteiger charge is -2.33. The van der Waals surface area contributed by atoms with Crippen molar-refractivity contribution in [1.82, 2.24) is 0 Å². The van der Waals surface area contributed by atoms with E-state index in [2.05, 4.69) is 62.2 Å². The van der Waals surface area contributed by atoms with E-state index in [4.69, 9.17) is 9.47 Å². The summed E-state index contributed by atoms with van der Waals surface area (Å²) in [6.07, 6.45) is 1.05. The van der Waals surface area contributed by atoms with Crippen molar-refractivity contribution in [2.75, 3.05) is 14.2 Å². The zero-order valence-corrected chi connectivity index (χ0v) is 14.1. The molecule has 1 saturated carbocycles. The topological polar surface area (TPSA) is 18.5 Å². The van der Waals surface area contributed by atoms with Crippen LogP contribution in [0.2, 0.25) is 0 Å². The molecule has 2 aliphatic carbocycles. The molecule has 0 saturated heterocycles. The third-order valence-electron chi connectivity index (χ3n) is 4.48. The van der Waals surface area contributed by atoms with Gasteiger partial charge in [-0.25, -0.2) is 0 Å². The van der Waals surface area contributed by atoms with Gasteiger partial charge in [-0.2, -0.15) is 0 Å². The lowest BCUT2D eigenvalue weighted by atomic mass is 9.86. The van der Waals surface area contributed by atoms with E-state index in [1.165, 1.54) is 14.5 Å². The van der Waals surface area contributed by atoms with Crippen LogP contribution in [0.25, 0.3) is 0 Å². The molecule has 0 amide bonds. The molecule has 0 unspecified atom stereocenters. The van der Waals surface area contributed by atoms with Crippen molar-refractivity contribution in [1.29, 1.82) is 0 Å². The number of hydrogen-bond acceptors (Lipinski definition) is 2. The fraction of sp³-hybridized carbons (Fsp3) is 0.467. The number of rotatable bonds is 3. The van der Waals surface area contributed by atoms with Gasteiger partial charge in [-0.3, -0.25) is 0 Å². The van der Waals surface area contributed by atoms with Crippen LogP contribution < -0.4 is 0 Å². The number of methoxy groups -OCH3 is 2. The predicted molar refractivity (Wildman–Crippen MR) is 82.4 cm³/mol.